The SMILES string of the molecule is O=C(NC12CC3CC(CC(C3)C1)C2)C1(C(=O)C2CC2)CC1. The summed E-state index contributed by atoms with van der Waals surface area (Å²) >= 11 is 0. The second-order valence-corrected chi connectivity index (χ2v) is 8.87. The van der Waals surface area contributed by atoms with Gasteiger partial charge in [-0.25, -0.2) is 0 Å². The maximum Gasteiger partial charge on any atom is 0.234 e. The van der Waals surface area contributed by atoms with Crippen molar-refractivity contribution in [1.82, 2.24) is 5.32 Å². The smallest absolute Gasteiger partial charge is 0.234 e. The molecule has 1 N–H and O–H groups in total. The van der Waals surface area contributed by atoms with Crippen molar-refractivity contribution in [2.75, 3.05) is 0 Å². The van der Waals surface area contributed by atoms with E-state index in [9.17, 15) is 9.59 Å². The standard InChI is InChI=1S/C18H25NO2/c20-15(14-1-2-14)18(3-4-18)16(21)19-17-8-11-5-12(9-17)7-13(6-11)10-17/h11-14H,1-10H2,(H,19,21). The van der Waals surface area contributed by atoms with Gasteiger partial charge in [-0.05, 0) is 82.0 Å². The van der Waals surface area contributed by atoms with Crippen molar-refractivity contribution in [1.29, 1.82) is 0 Å². The number of amides is 1. The van der Waals surface area contributed by atoms with Crippen molar-refractivity contribution in [3.05, 3.63) is 0 Å². The molecule has 114 valence electrons. The van der Waals surface area contributed by atoms with Gasteiger partial charge in [0.2, 0.25) is 5.91 Å². The topological polar surface area (TPSA) is 46.2 Å². The number of carbonyl (C=O) groups is 2. The Bertz CT molecular complexity index is 480. The van der Waals surface area contributed by atoms with E-state index in [2.05, 4.69) is 5.32 Å². The molecule has 0 atom stereocenters. The predicted octanol–water partition coefficient (Wildman–Crippen LogP) is 2.83. The molecule has 0 unspecified atom stereocenters. The molecule has 6 fully saturated rings. The third kappa shape index (κ3) is 1.85. The number of nitrogens with one attached hydrogen (secondary N) is 1. The monoisotopic (exact) mass is 287 g/mol. The Morgan fingerprint density at radius 2 is 1.38 bits per heavy atom. The molecule has 4 bridgehead atoms. The van der Waals surface area contributed by atoms with Crippen LogP contribution in [0.5, 0.6) is 0 Å². The number of Topliss-reactive ketones (excluding diaryl/α,β-unsaturated/α-hetero) is 1. The van der Waals surface area contributed by atoms with Gasteiger partial charge in [0, 0.05) is 11.5 Å². The average molecular weight is 287 g/mol. The van der Waals surface area contributed by atoms with Crippen LogP contribution in [-0.2, 0) is 9.59 Å². The van der Waals surface area contributed by atoms with E-state index >= 15 is 0 Å². The van der Waals surface area contributed by atoms with Crippen molar-refractivity contribution in [2.45, 2.75) is 69.7 Å². The van der Waals surface area contributed by atoms with Gasteiger partial charge in [0.1, 0.15) is 5.41 Å². The van der Waals surface area contributed by atoms with Gasteiger partial charge in [-0.3, -0.25) is 9.59 Å². The Labute approximate surface area is 126 Å². The molecule has 6 aliphatic carbocycles. The molecular weight excluding hydrogens is 262 g/mol. The summed E-state index contributed by atoms with van der Waals surface area (Å²) in [7, 11) is 0. The Morgan fingerprint density at radius 1 is 0.857 bits per heavy atom. The number of hydrogen-bond donors (Lipinski definition) is 1. The molecule has 0 aromatic carbocycles. The number of carbonyl (C=O) groups excluding carboxylic acids is 2. The van der Waals surface area contributed by atoms with Crippen LogP contribution < -0.4 is 5.32 Å². The van der Waals surface area contributed by atoms with Crippen LogP contribution in [0, 0.1) is 29.1 Å². The highest BCUT2D eigenvalue weighted by molar-refractivity contribution is 6.10. The van der Waals surface area contributed by atoms with E-state index in [0.29, 0.717) is 0 Å². The lowest BCUT2D eigenvalue weighted by Gasteiger charge is -2.57. The number of rotatable bonds is 4. The van der Waals surface area contributed by atoms with E-state index in [0.717, 1.165) is 43.4 Å². The summed E-state index contributed by atoms with van der Waals surface area (Å²) in [5, 5.41) is 3.43. The highest BCUT2D eigenvalue weighted by Crippen LogP contribution is 2.57. The first-order valence-electron chi connectivity index (χ1n) is 8.96. The summed E-state index contributed by atoms with van der Waals surface area (Å²) in [5.74, 6) is 3.10. The van der Waals surface area contributed by atoms with Crippen LogP contribution in [0.25, 0.3) is 0 Å². The molecule has 0 spiro atoms. The summed E-state index contributed by atoms with van der Waals surface area (Å²) in [6.07, 6.45) is 11.4. The van der Waals surface area contributed by atoms with Gasteiger partial charge in [0.25, 0.3) is 0 Å². The van der Waals surface area contributed by atoms with Gasteiger partial charge in [-0.1, -0.05) is 0 Å². The lowest BCUT2D eigenvalue weighted by molar-refractivity contribution is -0.140. The van der Waals surface area contributed by atoms with Gasteiger partial charge in [0.05, 0.1) is 0 Å². The summed E-state index contributed by atoms with van der Waals surface area (Å²) in [6, 6.07) is 0. The lowest BCUT2D eigenvalue weighted by atomic mass is 9.53. The Hall–Kier alpha value is -0.860. The minimum absolute atomic E-state index is 0.0608. The van der Waals surface area contributed by atoms with E-state index in [-0.39, 0.29) is 23.1 Å². The summed E-state index contributed by atoms with van der Waals surface area (Å²) < 4.78 is 0. The fourth-order valence-corrected chi connectivity index (χ4v) is 6.07. The van der Waals surface area contributed by atoms with Crippen LogP contribution in [0.3, 0.4) is 0 Å². The van der Waals surface area contributed by atoms with Crippen LogP contribution >= 0.6 is 0 Å². The molecule has 21 heavy (non-hydrogen) atoms. The molecule has 6 aliphatic rings. The maximum absolute atomic E-state index is 12.9. The molecule has 0 aromatic heterocycles. The molecule has 0 saturated heterocycles. The summed E-state index contributed by atoms with van der Waals surface area (Å²) in [6.45, 7) is 0. The zero-order valence-corrected chi connectivity index (χ0v) is 12.7. The first-order chi connectivity index (χ1) is 10.1. The molecule has 6 rings (SSSR count). The van der Waals surface area contributed by atoms with Crippen molar-refractivity contribution in [2.24, 2.45) is 29.1 Å². The van der Waals surface area contributed by atoms with E-state index < -0.39 is 5.41 Å². The average Bonchev–Trinajstić information content (AvgIpc) is 3.29. The second kappa shape index (κ2) is 3.91. The van der Waals surface area contributed by atoms with E-state index in [1.54, 1.807) is 0 Å². The van der Waals surface area contributed by atoms with E-state index in [1.165, 1.54) is 38.5 Å². The number of ketones is 1. The van der Waals surface area contributed by atoms with Crippen LogP contribution in [0.4, 0.5) is 0 Å². The third-order valence-electron chi connectivity index (χ3n) is 7.02. The molecule has 0 aliphatic heterocycles. The first kappa shape index (κ1) is 12.7. The Morgan fingerprint density at radius 3 is 1.81 bits per heavy atom. The van der Waals surface area contributed by atoms with Crippen molar-refractivity contribution in [3.8, 4) is 0 Å². The second-order valence-electron chi connectivity index (χ2n) is 8.87. The minimum Gasteiger partial charge on any atom is -0.350 e. The van der Waals surface area contributed by atoms with Gasteiger partial charge in [-0.15, -0.1) is 0 Å². The Balaban J connectivity index is 1.35. The quantitative estimate of drug-likeness (QED) is 0.808. The summed E-state index contributed by atoms with van der Waals surface area (Å²) in [5.41, 5.74) is -0.532. The molecule has 6 saturated carbocycles. The van der Waals surface area contributed by atoms with Crippen LogP contribution in [0.15, 0.2) is 0 Å². The van der Waals surface area contributed by atoms with Gasteiger partial charge in [-0.2, -0.15) is 0 Å². The molecule has 1 amide bonds. The normalized spacial score (nSPS) is 45.4. The molecule has 0 aromatic rings. The van der Waals surface area contributed by atoms with Crippen LogP contribution in [0.2, 0.25) is 0 Å². The highest BCUT2D eigenvalue weighted by Gasteiger charge is 2.61. The zero-order valence-electron chi connectivity index (χ0n) is 12.7. The molecular formula is C18H25NO2. The third-order valence-corrected chi connectivity index (χ3v) is 7.02. The van der Waals surface area contributed by atoms with Crippen molar-refractivity contribution >= 4 is 11.7 Å². The largest absolute Gasteiger partial charge is 0.350 e. The maximum atomic E-state index is 12.9. The van der Waals surface area contributed by atoms with E-state index in [4.69, 9.17) is 0 Å². The predicted molar refractivity (Wildman–Crippen MR) is 78.4 cm³/mol. The first-order valence-corrected chi connectivity index (χ1v) is 8.96. The highest BCUT2D eigenvalue weighted by atomic mass is 16.2. The van der Waals surface area contributed by atoms with Crippen molar-refractivity contribution in [3.63, 3.8) is 0 Å². The van der Waals surface area contributed by atoms with Crippen LogP contribution in [-0.4, -0.2) is 17.2 Å². The molecule has 0 radical (unpaired) electrons. The van der Waals surface area contributed by atoms with E-state index in [1.807, 2.05) is 0 Å². The Kier molecular flexibility index (Phi) is 2.36. The molecule has 3 nitrogen and oxygen atoms in total. The summed E-state index contributed by atoms with van der Waals surface area (Å²) in [4.78, 5) is 25.3. The fraction of sp³-hybridized carbons (Fsp3) is 0.889. The zero-order chi connectivity index (χ0) is 14.2. The molecule has 0 heterocycles. The number of hydrogen-bond acceptors (Lipinski definition) is 2. The van der Waals surface area contributed by atoms with Gasteiger partial charge < -0.3 is 5.32 Å². The molecule has 3 heteroatoms. The fourth-order valence-electron chi connectivity index (χ4n) is 6.07. The van der Waals surface area contributed by atoms with Crippen LogP contribution in [0.1, 0.15) is 64.2 Å². The van der Waals surface area contributed by atoms with Crippen molar-refractivity contribution < 1.29 is 9.59 Å². The van der Waals surface area contributed by atoms with Gasteiger partial charge in [0.15, 0.2) is 5.78 Å². The lowest BCUT2D eigenvalue weighted by Crippen LogP contribution is -2.61. The minimum atomic E-state index is -0.593. The van der Waals surface area contributed by atoms with Gasteiger partial charge >= 0.3 is 0 Å².